The molecule has 0 saturated heterocycles. The summed E-state index contributed by atoms with van der Waals surface area (Å²) >= 11 is 0. The van der Waals surface area contributed by atoms with Gasteiger partial charge in [-0.25, -0.2) is 9.48 Å². The molecule has 0 amide bonds. The Bertz CT molecular complexity index is 1430. The minimum Gasteiger partial charge on any atom is -0.312 e. The maximum absolute atomic E-state index is 12.4. The number of carbonyl (C=O) groups is 1. The van der Waals surface area contributed by atoms with Crippen LogP contribution in [0, 0.1) is 0 Å². The lowest BCUT2D eigenvalue weighted by Crippen LogP contribution is -2.20. The molecule has 0 spiro atoms. The van der Waals surface area contributed by atoms with E-state index in [9.17, 15) is 4.79 Å². The van der Waals surface area contributed by atoms with E-state index in [0.29, 0.717) is 23.1 Å². The number of allylic oxidation sites excluding steroid dienone is 1. The van der Waals surface area contributed by atoms with Gasteiger partial charge in [0.15, 0.2) is 0 Å². The predicted molar refractivity (Wildman–Crippen MR) is 116 cm³/mol. The quantitative estimate of drug-likeness (QED) is 0.324. The molecule has 0 unspecified atom stereocenters. The van der Waals surface area contributed by atoms with Gasteiger partial charge >= 0.3 is 5.97 Å². The highest BCUT2D eigenvalue weighted by atomic mass is 16.7. The Kier molecular flexibility index (Phi) is 4.51. The van der Waals surface area contributed by atoms with Crippen LogP contribution in [-0.4, -0.2) is 36.1 Å². The van der Waals surface area contributed by atoms with Gasteiger partial charge in [-0.1, -0.05) is 64.7 Å². The fraction of sp³-hybridized carbons (Fsp3) is 0.0870. The number of fused-ring (bicyclic) bond motifs is 2. The minimum absolute atomic E-state index is 0.432. The maximum Gasteiger partial charge on any atom is 0.365 e. The normalized spacial score (nSPS) is 11.1. The van der Waals surface area contributed by atoms with E-state index in [1.54, 1.807) is 30.3 Å². The fourth-order valence-corrected chi connectivity index (χ4v) is 3.50. The summed E-state index contributed by atoms with van der Waals surface area (Å²) in [5, 5.41) is 17.0. The summed E-state index contributed by atoms with van der Waals surface area (Å²) in [6, 6.07) is 20.2. The van der Waals surface area contributed by atoms with Crippen LogP contribution in [0.5, 0.6) is 0 Å². The lowest BCUT2D eigenvalue weighted by molar-refractivity contribution is 0.0409. The van der Waals surface area contributed by atoms with E-state index >= 15 is 0 Å². The van der Waals surface area contributed by atoms with E-state index in [2.05, 4.69) is 27.2 Å². The van der Waals surface area contributed by atoms with E-state index in [1.165, 1.54) is 0 Å². The maximum atomic E-state index is 12.4. The van der Waals surface area contributed by atoms with Crippen molar-refractivity contribution in [3.8, 4) is 11.1 Å². The number of benzene rings is 3. The minimum atomic E-state index is -0.511. The molecule has 0 atom stereocenters. The van der Waals surface area contributed by atoms with Crippen LogP contribution in [-0.2, 0) is 6.54 Å². The molecule has 0 fully saturated rings. The molecule has 152 valence electrons. The number of carbonyl (C=O) groups excluding carboxylic acids is 1. The third-order valence-electron chi connectivity index (χ3n) is 4.88. The van der Waals surface area contributed by atoms with Crippen molar-refractivity contribution < 1.29 is 9.63 Å². The molecule has 2 heterocycles. The summed E-state index contributed by atoms with van der Waals surface area (Å²) in [4.78, 5) is 19.0. The lowest BCUT2D eigenvalue weighted by atomic mass is 10.0. The SMILES string of the molecule is C=C(C)Cn1nnc2c(-c3cccc4c3nnn4OC(=O)c3ccccc3)cccc21. The summed E-state index contributed by atoms with van der Waals surface area (Å²) in [5.74, 6) is -0.511. The summed E-state index contributed by atoms with van der Waals surface area (Å²) in [5.41, 5.74) is 5.96. The molecule has 5 aromatic rings. The third kappa shape index (κ3) is 3.33. The van der Waals surface area contributed by atoms with Crippen LogP contribution in [0.2, 0.25) is 0 Å². The molecule has 2 aromatic heterocycles. The van der Waals surface area contributed by atoms with E-state index in [0.717, 1.165) is 32.6 Å². The predicted octanol–water partition coefficient (Wildman–Crippen LogP) is 3.69. The Morgan fingerprint density at radius 2 is 1.52 bits per heavy atom. The van der Waals surface area contributed by atoms with Crippen molar-refractivity contribution in [2.45, 2.75) is 13.5 Å². The van der Waals surface area contributed by atoms with Crippen molar-refractivity contribution in [1.29, 1.82) is 0 Å². The highest BCUT2D eigenvalue weighted by molar-refractivity contribution is 6.00. The Labute approximate surface area is 177 Å². The van der Waals surface area contributed by atoms with Gasteiger partial charge in [0.25, 0.3) is 0 Å². The van der Waals surface area contributed by atoms with Crippen molar-refractivity contribution >= 4 is 28.0 Å². The zero-order valence-electron chi connectivity index (χ0n) is 16.8. The Morgan fingerprint density at radius 1 is 0.871 bits per heavy atom. The Hall–Kier alpha value is -4.33. The van der Waals surface area contributed by atoms with Gasteiger partial charge in [0, 0.05) is 11.1 Å². The van der Waals surface area contributed by atoms with Crippen LogP contribution in [0.4, 0.5) is 0 Å². The standard InChI is InChI=1S/C23H18N6O2/c1-15(2)14-28-19-12-6-10-17(21(19)24-26-28)18-11-7-13-20-22(18)25-27-29(20)31-23(30)16-8-4-3-5-9-16/h3-13H,1,14H2,2H3. The topological polar surface area (TPSA) is 87.7 Å². The van der Waals surface area contributed by atoms with E-state index < -0.39 is 5.97 Å². The average molecular weight is 410 g/mol. The van der Waals surface area contributed by atoms with Crippen LogP contribution in [0.1, 0.15) is 17.3 Å². The number of nitrogens with zero attached hydrogens (tertiary/aromatic N) is 6. The smallest absolute Gasteiger partial charge is 0.312 e. The monoisotopic (exact) mass is 410 g/mol. The first kappa shape index (κ1) is 18.7. The third-order valence-corrected chi connectivity index (χ3v) is 4.88. The Balaban J connectivity index is 1.57. The molecule has 5 rings (SSSR count). The van der Waals surface area contributed by atoms with Gasteiger partial charge in [0.05, 0.1) is 17.6 Å². The van der Waals surface area contributed by atoms with E-state index in [-0.39, 0.29) is 0 Å². The van der Waals surface area contributed by atoms with Crippen LogP contribution < -0.4 is 4.84 Å². The van der Waals surface area contributed by atoms with Crippen LogP contribution in [0.15, 0.2) is 78.9 Å². The second-order valence-corrected chi connectivity index (χ2v) is 7.26. The van der Waals surface area contributed by atoms with Gasteiger partial charge in [-0.15, -0.1) is 10.2 Å². The van der Waals surface area contributed by atoms with Gasteiger partial charge in [-0.05, 0) is 36.4 Å². The summed E-state index contributed by atoms with van der Waals surface area (Å²) in [6.07, 6.45) is 0. The summed E-state index contributed by atoms with van der Waals surface area (Å²) in [6.45, 7) is 6.50. The molecule has 0 saturated carbocycles. The van der Waals surface area contributed by atoms with Crippen molar-refractivity contribution in [3.63, 3.8) is 0 Å². The molecule has 8 nitrogen and oxygen atoms in total. The summed E-state index contributed by atoms with van der Waals surface area (Å²) in [7, 11) is 0. The molecule has 8 heteroatoms. The van der Waals surface area contributed by atoms with Gasteiger partial charge < -0.3 is 4.84 Å². The fourth-order valence-electron chi connectivity index (χ4n) is 3.50. The second kappa shape index (κ2) is 7.49. The highest BCUT2D eigenvalue weighted by Crippen LogP contribution is 2.31. The molecule has 31 heavy (non-hydrogen) atoms. The van der Waals surface area contributed by atoms with Gasteiger partial charge in [0.1, 0.15) is 16.6 Å². The zero-order valence-corrected chi connectivity index (χ0v) is 16.8. The number of hydrogen-bond donors (Lipinski definition) is 0. The molecular weight excluding hydrogens is 392 g/mol. The average Bonchev–Trinajstić information content (AvgIpc) is 3.38. The van der Waals surface area contributed by atoms with E-state index in [1.807, 2.05) is 48.0 Å². The second-order valence-electron chi connectivity index (χ2n) is 7.26. The van der Waals surface area contributed by atoms with Crippen molar-refractivity contribution in [1.82, 2.24) is 30.2 Å². The molecule has 3 aromatic carbocycles. The zero-order chi connectivity index (χ0) is 21.4. The largest absolute Gasteiger partial charge is 0.365 e. The molecule has 0 N–H and O–H groups in total. The van der Waals surface area contributed by atoms with E-state index in [4.69, 9.17) is 4.84 Å². The van der Waals surface area contributed by atoms with Gasteiger partial charge in [-0.3, -0.25) is 0 Å². The van der Waals surface area contributed by atoms with Crippen molar-refractivity contribution in [3.05, 3.63) is 84.4 Å². The first-order valence-electron chi connectivity index (χ1n) is 9.71. The number of rotatable bonds is 5. The Morgan fingerprint density at radius 3 is 2.23 bits per heavy atom. The summed E-state index contributed by atoms with van der Waals surface area (Å²) < 4.78 is 1.82. The van der Waals surface area contributed by atoms with Crippen molar-refractivity contribution in [2.75, 3.05) is 0 Å². The van der Waals surface area contributed by atoms with Crippen LogP contribution >= 0.6 is 0 Å². The molecule has 0 radical (unpaired) electrons. The molecule has 0 aliphatic rings. The van der Waals surface area contributed by atoms with Gasteiger partial charge in [-0.2, -0.15) is 0 Å². The number of aromatic nitrogens is 6. The van der Waals surface area contributed by atoms with Gasteiger partial charge in [0.2, 0.25) is 0 Å². The molecular formula is C23H18N6O2. The first-order valence-corrected chi connectivity index (χ1v) is 9.71. The molecule has 0 aliphatic carbocycles. The first-order chi connectivity index (χ1) is 15.1. The molecule has 0 bridgehead atoms. The lowest BCUT2D eigenvalue weighted by Gasteiger charge is -2.06. The highest BCUT2D eigenvalue weighted by Gasteiger charge is 2.18. The number of hydrogen-bond acceptors (Lipinski definition) is 6. The van der Waals surface area contributed by atoms with Crippen LogP contribution in [0.3, 0.4) is 0 Å². The van der Waals surface area contributed by atoms with Crippen LogP contribution in [0.25, 0.3) is 33.2 Å². The molecule has 0 aliphatic heterocycles. The van der Waals surface area contributed by atoms with Crippen molar-refractivity contribution in [2.24, 2.45) is 0 Å².